The number of fused-ring (bicyclic) bond motifs is 1. The number of esters is 1. The average molecular weight is 588 g/mol. The molecule has 1 heterocycles. The molecule has 0 amide bonds. The van der Waals surface area contributed by atoms with Gasteiger partial charge in [-0.15, -0.1) is 0 Å². The SMILES string of the molecule is CCOc1cc(Cc2ccc(C(=O)OC)cc2)nn1CCOc1ccc2cc(Br)ccc2c1Br. The Morgan fingerprint density at radius 3 is 2.53 bits per heavy atom. The summed E-state index contributed by atoms with van der Waals surface area (Å²) in [6.45, 7) is 3.48. The third-order valence-electron chi connectivity index (χ3n) is 5.29. The first-order valence-corrected chi connectivity index (χ1v) is 12.4. The normalized spacial score (nSPS) is 10.9. The lowest BCUT2D eigenvalue weighted by molar-refractivity contribution is 0.0600. The molecule has 8 heteroatoms. The zero-order chi connectivity index (χ0) is 24.1. The van der Waals surface area contributed by atoms with E-state index in [0.717, 1.165) is 36.7 Å². The van der Waals surface area contributed by atoms with Gasteiger partial charge < -0.3 is 14.2 Å². The third kappa shape index (κ3) is 5.62. The summed E-state index contributed by atoms with van der Waals surface area (Å²) in [4.78, 5) is 11.6. The monoisotopic (exact) mass is 586 g/mol. The van der Waals surface area contributed by atoms with Crippen molar-refractivity contribution in [1.82, 2.24) is 9.78 Å². The van der Waals surface area contributed by atoms with E-state index >= 15 is 0 Å². The van der Waals surface area contributed by atoms with E-state index in [1.807, 2.05) is 48.0 Å². The maximum Gasteiger partial charge on any atom is 0.337 e. The second-order valence-electron chi connectivity index (χ2n) is 7.59. The molecule has 0 fully saturated rings. The van der Waals surface area contributed by atoms with Crippen LogP contribution < -0.4 is 9.47 Å². The first-order chi connectivity index (χ1) is 16.5. The maximum atomic E-state index is 11.6. The Kier molecular flexibility index (Phi) is 7.90. The van der Waals surface area contributed by atoms with Gasteiger partial charge in [0.05, 0.1) is 36.0 Å². The zero-order valence-electron chi connectivity index (χ0n) is 18.9. The molecule has 3 aromatic carbocycles. The van der Waals surface area contributed by atoms with Gasteiger partial charge in [0.2, 0.25) is 5.88 Å². The van der Waals surface area contributed by atoms with E-state index in [1.54, 1.807) is 12.1 Å². The van der Waals surface area contributed by atoms with Crippen LogP contribution in [0.2, 0.25) is 0 Å². The molecule has 0 saturated carbocycles. The maximum absolute atomic E-state index is 11.6. The molecule has 0 atom stereocenters. The van der Waals surface area contributed by atoms with Crippen molar-refractivity contribution in [2.24, 2.45) is 0 Å². The Morgan fingerprint density at radius 2 is 1.79 bits per heavy atom. The van der Waals surface area contributed by atoms with Gasteiger partial charge in [-0.3, -0.25) is 0 Å². The van der Waals surface area contributed by atoms with E-state index in [1.165, 1.54) is 7.11 Å². The molecule has 34 heavy (non-hydrogen) atoms. The first-order valence-electron chi connectivity index (χ1n) is 10.9. The summed E-state index contributed by atoms with van der Waals surface area (Å²) in [6, 6.07) is 19.4. The Bertz CT molecular complexity index is 1300. The zero-order valence-corrected chi connectivity index (χ0v) is 22.1. The minimum atomic E-state index is -0.347. The van der Waals surface area contributed by atoms with E-state index in [9.17, 15) is 4.79 Å². The largest absolute Gasteiger partial charge is 0.490 e. The van der Waals surface area contributed by atoms with Gasteiger partial charge in [0, 0.05) is 17.0 Å². The van der Waals surface area contributed by atoms with Gasteiger partial charge in [-0.05, 0) is 69.5 Å². The lowest BCUT2D eigenvalue weighted by atomic mass is 10.1. The van der Waals surface area contributed by atoms with Crippen LogP contribution in [0.1, 0.15) is 28.5 Å². The standard InChI is InChI=1S/C26H24Br2N2O4/c1-3-33-24-16-21(14-17-4-6-18(7-5-17)26(31)32-2)29-30(24)12-13-34-23-11-8-19-15-20(27)9-10-22(19)25(23)28/h4-11,15-16H,3,12-14H2,1-2H3. The smallest absolute Gasteiger partial charge is 0.337 e. The van der Waals surface area contributed by atoms with Crippen molar-refractivity contribution in [2.75, 3.05) is 20.3 Å². The van der Waals surface area contributed by atoms with Gasteiger partial charge in [0.15, 0.2) is 0 Å². The molecular formula is C26H24Br2N2O4. The highest BCUT2D eigenvalue weighted by atomic mass is 79.9. The van der Waals surface area contributed by atoms with Crippen molar-refractivity contribution in [3.63, 3.8) is 0 Å². The van der Waals surface area contributed by atoms with Crippen molar-refractivity contribution in [2.45, 2.75) is 19.9 Å². The van der Waals surface area contributed by atoms with Gasteiger partial charge in [-0.1, -0.05) is 40.2 Å². The summed E-state index contributed by atoms with van der Waals surface area (Å²) in [6.07, 6.45) is 0.626. The topological polar surface area (TPSA) is 62.6 Å². The van der Waals surface area contributed by atoms with E-state index in [4.69, 9.17) is 19.3 Å². The Morgan fingerprint density at radius 1 is 1.00 bits per heavy atom. The molecule has 0 unspecified atom stereocenters. The minimum absolute atomic E-state index is 0.347. The number of rotatable bonds is 9. The second-order valence-corrected chi connectivity index (χ2v) is 9.30. The lowest BCUT2D eigenvalue weighted by Gasteiger charge is -2.12. The molecule has 0 aliphatic carbocycles. The predicted molar refractivity (Wildman–Crippen MR) is 139 cm³/mol. The summed E-state index contributed by atoms with van der Waals surface area (Å²) in [7, 11) is 1.37. The van der Waals surface area contributed by atoms with Gasteiger partial charge in [0.25, 0.3) is 0 Å². The average Bonchev–Trinajstić information content (AvgIpc) is 3.21. The summed E-state index contributed by atoms with van der Waals surface area (Å²) >= 11 is 7.19. The molecule has 0 N–H and O–H groups in total. The van der Waals surface area contributed by atoms with Crippen LogP contribution >= 0.6 is 31.9 Å². The van der Waals surface area contributed by atoms with E-state index in [2.05, 4.69) is 44.0 Å². The molecule has 1 aromatic heterocycles. The van der Waals surface area contributed by atoms with E-state index in [-0.39, 0.29) is 5.97 Å². The van der Waals surface area contributed by atoms with E-state index in [0.29, 0.717) is 37.6 Å². The first kappa shape index (κ1) is 24.3. The highest BCUT2D eigenvalue weighted by Gasteiger charge is 2.12. The van der Waals surface area contributed by atoms with Crippen LogP contribution in [0.4, 0.5) is 0 Å². The van der Waals surface area contributed by atoms with Crippen molar-refractivity contribution in [1.29, 1.82) is 0 Å². The molecular weight excluding hydrogens is 564 g/mol. The van der Waals surface area contributed by atoms with E-state index < -0.39 is 0 Å². The predicted octanol–water partition coefficient (Wildman–Crippen LogP) is 6.42. The number of hydrogen-bond donors (Lipinski definition) is 0. The number of aromatic nitrogens is 2. The van der Waals surface area contributed by atoms with Crippen LogP contribution in [0.15, 0.2) is 69.6 Å². The number of carbonyl (C=O) groups is 1. The number of ether oxygens (including phenoxy) is 3. The second kappa shape index (κ2) is 11.1. The van der Waals surface area contributed by atoms with Crippen LogP contribution in [-0.2, 0) is 17.7 Å². The molecule has 6 nitrogen and oxygen atoms in total. The lowest BCUT2D eigenvalue weighted by Crippen LogP contribution is -2.12. The van der Waals surface area contributed by atoms with Gasteiger partial charge >= 0.3 is 5.97 Å². The Labute approximate surface area is 215 Å². The number of methoxy groups -OCH3 is 1. The number of benzene rings is 3. The van der Waals surface area contributed by atoms with Crippen molar-refractivity contribution < 1.29 is 19.0 Å². The highest BCUT2D eigenvalue weighted by molar-refractivity contribution is 9.11. The van der Waals surface area contributed by atoms with Crippen LogP contribution in [0.5, 0.6) is 11.6 Å². The molecule has 4 aromatic rings. The van der Waals surface area contributed by atoms with Gasteiger partial charge in [-0.2, -0.15) is 5.10 Å². The number of hydrogen-bond acceptors (Lipinski definition) is 5. The summed E-state index contributed by atoms with van der Waals surface area (Å²) in [5.74, 6) is 1.14. The minimum Gasteiger partial charge on any atom is -0.490 e. The highest BCUT2D eigenvalue weighted by Crippen LogP contribution is 2.34. The molecule has 0 aliphatic heterocycles. The molecule has 176 valence electrons. The molecule has 0 aliphatic rings. The van der Waals surface area contributed by atoms with Crippen molar-refractivity contribution in [3.8, 4) is 11.6 Å². The van der Waals surface area contributed by atoms with Crippen LogP contribution in [0.25, 0.3) is 10.8 Å². The number of nitrogens with zero attached hydrogens (tertiary/aromatic N) is 2. The van der Waals surface area contributed by atoms with Crippen molar-refractivity contribution in [3.05, 3.63) is 86.4 Å². The van der Waals surface area contributed by atoms with Gasteiger partial charge in [-0.25, -0.2) is 9.48 Å². The Hall–Kier alpha value is -2.84. The van der Waals surface area contributed by atoms with Crippen molar-refractivity contribution >= 4 is 48.6 Å². The summed E-state index contributed by atoms with van der Waals surface area (Å²) in [5.41, 5.74) is 2.45. The Balaban J connectivity index is 1.44. The molecule has 0 spiro atoms. The van der Waals surface area contributed by atoms with Crippen LogP contribution in [-0.4, -0.2) is 36.1 Å². The fraction of sp³-hybridized carbons (Fsp3) is 0.231. The fourth-order valence-electron chi connectivity index (χ4n) is 3.64. The number of carbonyl (C=O) groups excluding carboxylic acids is 1. The van der Waals surface area contributed by atoms with Crippen LogP contribution in [0.3, 0.4) is 0 Å². The molecule has 0 saturated heterocycles. The molecule has 4 rings (SSSR count). The quantitative estimate of drug-likeness (QED) is 0.212. The molecule has 0 radical (unpaired) electrons. The summed E-state index contributed by atoms with van der Waals surface area (Å²) < 4.78 is 20.4. The molecule has 0 bridgehead atoms. The number of halogens is 2. The van der Waals surface area contributed by atoms with Crippen LogP contribution in [0, 0.1) is 0 Å². The fourth-order valence-corrected chi connectivity index (χ4v) is 4.63. The summed E-state index contributed by atoms with van der Waals surface area (Å²) in [5, 5.41) is 6.94. The van der Waals surface area contributed by atoms with Gasteiger partial charge in [0.1, 0.15) is 12.4 Å². The third-order valence-corrected chi connectivity index (χ3v) is 6.60.